The average Bonchev–Trinajstić information content (AvgIpc) is 3.25. The molecule has 0 radical (unpaired) electrons. The molecule has 0 fully saturated rings. The van der Waals surface area contributed by atoms with E-state index in [0.29, 0.717) is 28.9 Å². The van der Waals surface area contributed by atoms with E-state index in [-0.39, 0.29) is 17.9 Å². The lowest BCUT2D eigenvalue weighted by atomic mass is 10.0. The predicted molar refractivity (Wildman–Crippen MR) is 110 cm³/mol. The molecule has 1 aliphatic rings. The molecule has 3 rings (SSSR count). The molecular formula is C20H28N4O3S. The van der Waals surface area contributed by atoms with Gasteiger partial charge in [0, 0.05) is 36.2 Å². The summed E-state index contributed by atoms with van der Waals surface area (Å²) in [5, 5.41) is 7.73. The van der Waals surface area contributed by atoms with Gasteiger partial charge >= 0.3 is 5.97 Å². The van der Waals surface area contributed by atoms with E-state index in [2.05, 4.69) is 29.2 Å². The Morgan fingerprint density at radius 1 is 1.29 bits per heavy atom. The summed E-state index contributed by atoms with van der Waals surface area (Å²) >= 11 is 1.47. The molecule has 7 nitrogen and oxygen atoms in total. The summed E-state index contributed by atoms with van der Waals surface area (Å²) in [5.41, 5.74) is 1.99. The number of rotatable bonds is 6. The van der Waals surface area contributed by atoms with Crippen LogP contribution in [0.2, 0.25) is 0 Å². The minimum Gasteiger partial charge on any atom is -0.462 e. The van der Waals surface area contributed by atoms with Gasteiger partial charge in [0.1, 0.15) is 10.7 Å². The van der Waals surface area contributed by atoms with Gasteiger partial charge in [0.15, 0.2) is 0 Å². The van der Waals surface area contributed by atoms with Gasteiger partial charge in [0.05, 0.1) is 12.2 Å². The lowest BCUT2D eigenvalue weighted by molar-refractivity contribution is 0.0526. The Morgan fingerprint density at radius 3 is 2.68 bits per heavy atom. The van der Waals surface area contributed by atoms with E-state index < -0.39 is 0 Å². The van der Waals surface area contributed by atoms with E-state index in [1.54, 1.807) is 23.9 Å². The fourth-order valence-electron chi connectivity index (χ4n) is 3.44. The van der Waals surface area contributed by atoms with Gasteiger partial charge in [-0.2, -0.15) is 5.10 Å². The second-order valence-corrected chi connectivity index (χ2v) is 8.56. The van der Waals surface area contributed by atoms with Gasteiger partial charge in [0.2, 0.25) is 0 Å². The summed E-state index contributed by atoms with van der Waals surface area (Å²) in [7, 11) is 0. The number of hydrogen-bond acceptors (Lipinski definition) is 6. The third-order valence-electron chi connectivity index (χ3n) is 4.92. The monoisotopic (exact) mass is 404 g/mol. The Bertz CT molecular complexity index is 869. The van der Waals surface area contributed by atoms with Crippen LogP contribution in [0.25, 0.3) is 0 Å². The van der Waals surface area contributed by atoms with Crippen LogP contribution in [0.1, 0.15) is 71.9 Å². The van der Waals surface area contributed by atoms with Crippen LogP contribution in [0.3, 0.4) is 0 Å². The number of fused-ring (bicyclic) bond motifs is 1. The molecule has 0 aromatic carbocycles. The first kappa shape index (κ1) is 20.5. The molecule has 0 saturated heterocycles. The highest BCUT2D eigenvalue weighted by Crippen LogP contribution is 2.38. The average molecular weight is 405 g/mol. The van der Waals surface area contributed by atoms with Crippen molar-refractivity contribution in [2.75, 3.05) is 18.5 Å². The van der Waals surface area contributed by atoms with Crippen LogP contribution in [0.5, 0.6) is 0 Å². The molecule has 2 aromatic heterocycles. The Labute approximate surface area is 169 Å². The SMILES string of the molecule is CCOC(=O)c1c(NC(=O)c2ccnn2C(C)C)sc2c1CCN(C(C)C)C2. The first-order chi connectivity index (χ1) is 13.3. The van der Waals surface area contributed by atoms with Gasteiger partial charge in [-0.15, -0.1) is 11.3 Å². The van der Waals surface area contributed by atoms with Crippen LogP contribution in [-0.4, -0.2) is 45.8 Å². The molecule has 152 valence electrons. The molecule has 0 saturated carbocycles. The van der Waals surface area contributed by atoms with Crippen LogP contribution in [-0.2, 0) is 17.7 Å². The molecule has 0 spiro atoms. The van der Waals surface area contributed by atoms with E-state index in [1.165, 1.54) is 11.3 Å². The number of carbonyl (C=O) groups is 2. The number of amides is 1. The summed E-state index contributed by atoms with van der Waals surface area (Å²) in [4.78, 5) is 29.0. The first-order valence-corrected chi connectivity index (χ1v) is 10.6. The van der Waals surface area contributed by atoms with Crippen molar-refractivity contribution in [1.29, 1.82) is 0 Å². The first-order valence-electron chi connectivity index (χ1n) is 9.74. The fourth-order valence-corrected chi connectivity index (χ4v) is 4.70. The van der Waals surface area contributed by atoms with Crippen LogP contribution >= 0.6 is 11.3 Å². The minimum absolute atomic E-state index is 0.0661. The van der Waals surface area contributed by atoms with Crippen molar-refractivity contribution in [2.45, 2.75) is 59.7 Å². The molecule has 0 unspecified atom stereocenters. The summed E-state index contributed by atoms with van der Waals surface area (Å²) in [6, 6.07) is 2.18. The number of carbonyl (C=O) groups excluding carboxylic acids is 2. The molecule has 0 bridgehead atoms. The highest BCUT2D eigenvalue weighted by Gasteiger charge is 2.30. The van der Waals surface area contributed by atoms with Gasteiger partial charge in [-0.05, 0) is 52.7 Å². The van der Waals surface area contributed by atoms with E-state index >= 15 is 0 Å². The number of nitrogens with zero attached hydrogens (tertiary/aromatic N) is 3. The van der Waals surface area contributed by atoms with Crippen LogP contribution in [0.15, 0.2) is 12.3 Å². The quantitative estimate of drug-likeness (QED) is 0.743. The zero-order valence-corrected chi connectivity index (χ0v) is 17.9. The number of aromatic nitrogens is 2. The van der Waals surface area contributed by atoms with Gasteiger partial charge in [-0.1, -0.05) is 0 Å². The van der Waals surface area contributed by atoms with E-state index in [1.807, 2.05) is 13.8 Å². The highest BCUT2D eigenvalue weighted by atomic mass is 32.1. The molecule has 2 aromatic rings. The van der Waals surface area contributed by atoms with Crippen LogP contribution in [0, 0.1) is 0 Å². The lowest BCUT2D eigenvalue weighted by Gasteiger charge is -2.30. The second-order valence-electron chi connectivity index (χ2n) is 7.45. The van der Waals surface area contributed by atoms with E-state index in [9.17, 15) is 9.59 Å². The van der Waals surface area contributed by atoms with Gasteiger partial charge in [-0.3, -0.25) is 14.4 Å². The normalized spacial score (nSPS) is 14.4. The smallest absolute Gasteiger partial charge is 0.341 e. The summed E-state index contributed by atoms with van der Waals surface area (Å²) in [6.45, 7) is 12.0. The molecule has 1 aliphatic heterocycles. The van der Waals surface area contributed by atoms with Gasteiger partial charge in [0.25, 0.3) is 5.91 Å². The Morgan fingerprint density at radius 2 is 2.04 bits per heavy atom. The third-order valence-corrected chi connectivity index (χ3v) is 6.05. The number of anilines is 1. The number of thiophene rings is 1. The number of hydrogen-bond donors (Lipinski definition) is 1. The van der Waals surface area contributed by atoms with Crippen molar-refractivity contribution in [3.8, 4) is 0 Å². The lowest BCUT2D eigenvalue weighted by Crippen LogP contribution is -2.35. The molecule has 3 heterocycles. The summed E-state index contributed by atoms with van der Waals surface area (Å²) < 4.78 is 6.96. The van der Waals surface area contributed by atoms with Crippen LogP contribution < -0.4 is 5.32 Å². The Hall–Kier alpha value is -2.19. The van der Waals surface area contributed by atoms with Crippen molar-refractivity contribution in [1.82, 2.24) is 14.7 Å². The van der Waals surface area contributed by atoms with Crippen molar-refractivity contribution < 1.29 is 14.3 Å². The van der Waals surface area contributed by atoms with Crippen molar-refractivity contribution >= 4 is 28.2 Å². The zero-order chi connectivity index (χ0) is 20.4. The molecule has 28 heavy (non-hydrogen) atoms. The molecule has 1 amide bonds. The standard InChI is InChI=1S/C20H28N4O3S/c1-6-27-20(26)17-14-8-10-23(12(2)3)11-16(14)28-19(17)22-18(25)15-7-9-21-24(15)13(4)5/h7,9,12-13H,6,8,10-11H2,1-5H3,(H,22,25). The van der Waals surface area contributed by atoms with E-state index in [0.717, 1.165) is 30.0 Å². The van der Waals surface area contributed by atoms with Crippen molar-refractivity contribution in [3.05, 3.63) is 34.0 Å². The topological polar surface area (TPSA) is 76.5 Å². The maximum Gasteiger partial charge on any atom is 0.341 e. The number of esters is 1. The van der Waals surface area contributed by atoms with Gasteiger partial charge < -0.3 is 10.1 Å². The maximum atomic E-state index is 12.9. The Balaban J connectivity index is 1.94. The summed E-state index contributed by atoms with van der Waals surface area (Å²) in [5.74, 6) is -0.637. The molecule has 0 aliphatic carbocycles. The molecule has 8 heteroatoms. The van der Waals surface area contributed by atoms with Crippen molar-refractivity contribution in [3.63, 3.8) is 0 Å². The second kappa shape index (κ2) is 8.45. The zero-order valence-electron chi connectivity index (χ0n) is 17.1. The van der Waals surface area contributed by atoms with Crippen molar-refractivity contribution in [2.24, 2.45) is 0 Å². The molecule has 0 atom stereocenters. The predicted octanol–water partition coefficient (Wildman–Crippen LogP) is 3.72. The highest BCUT2D eigenvalue weighted by molar-refractivity contribution is 7.17. The van der Waals surface area contributed by atoms with E-state index in [4.69, 9.17) is 4.74 Å². The maximum absolute atomic E-state index is 12.9. The fraction of sp³-hybridized carbons (Fsp3) is 0.550. The molecule has 1 N–H and O–H groups in total. The summed E-state index contributed by atoms with van der Waals surface area (Å²) in [6.07, 6.45) is 2.39. The number of nitrogens with one attached hydrogen (secondary N) is 1. The van der Waals surface area contributed by atoms with Crippen LogP contribution in [0.4, 0.5) is 5.00 Å². The Kier molecular flexibility index (Phi) is 6.20. The number of ether oxygens (including phenoxy) is 1. The third kappa shape index (κ3) is 3.98. The molecular weight excluding hydrogens is 376 g/mol. The largest absolute Gasteiger partial charge is 0.462 e. The minimum atomic E-state index is -0.370. The van der Waals surface area contributed by atoms with Gasteiger partial charge in [-0.25, -0.2) is 4.79 Å².